The minimum absolute atomic E-state index is 0.102. The van der Waals surface area contributed by atoms with Crippen LogP contribution in [0.3, 0.4) is 0 Å². The van der Waals surface area contributed by atoms with Crippen molar-refractivity contribution in [3.05, 3.63) is 412 Å². The van der Waals surface area contributed by atoms with Crippen LogP contribution in [0.1, 0.15) is 128 Å². The van der Waals surface area contributed by atoms with Crippen LogP contribution in [0.2, 0.25) is 0 Å². The molecule has 6 aliphatic heterocycles. The van der Waals surface area contributed by atoms with Gasteiger partial charge >= 0.3 is 12.1 Å². The van der Waals surface area contributed by atoms with Gasteiger partial charge in [0.05, 0.1) is 68.3 Å². The molecular formula is C106H87N9O3. The van der Waals surface area contributed by atoms with Crippen LogP contribution >= 0.6 is 0 Å². The van der Waals surface area contributed by atoms with Gasteiger partial charge in [-0.3, -0.25) is 20.2 Å². The molecule has 0 saturated heterocycles. The van der Waals surface area contributed by atoms with Crippen LogP contribution in [0, 0.1) is 105 Å². The summed E-state index contributed by atoms with van der Waals surface area (Å²) in [5.41, 5.74) is 36.2. The first-order valence-electron chi connectivity index (χ1n) is 40.1. The number of nitrogens with one attached hydrogen (secondary N) is 3. The predicted molar refractivity (Wildman–Crippen MR) is 474 cm³/mol. The highest BCUT2D eigenvalue weighted by molar-refractivity contribution is 6.38. The van der Waals surface area contributed by atoms with Crippen LogP contribution in [0.5, 0.6) is 0 Å². The number of aliphatic imine (C=N–C) groups is 4. The Hall–Kier alpha value is -14.3. The van der Waals surface area contributed by atoms with E-state index >= 15 is 0 Å². The van der Waals surface area contributed by atoms with Gasteiger partial charge in [0, 0.05) is 62.5 Å². The Kier molecular flexibility index (Phi) is 18.0. The normalized spacial score (nSPS) is 20.3. The van der Waals surface area contributed by atoms with E-state index in [1.165, 1.54) is 49.6 Å². The van der Waals surface area contributed by atoms with E-state index in [0.29, 0.717) is 62.8 Å². The SMILES string of the molecule is Cc1cc(C)c(C2=C3C=CC(=N3)C(c3ccc([N-]C(=O)C4=CN(/C(C#[NH+])=C(\C#[NH+])[C+]5c6ccccc6-c6ccccc65)NC=C4)cc3)=C3C=CC(=N3)C(c3c(C)cc(C)cc3C)=C3C=CC(=N3)C([C-]3C=C[C-](C(=O)OCC#CC4=C5C=C(C(C)(C)C)C=C6c7ccccc7C7=CC(C(C)(C)C)=CC(=C4)[C@]7(C)[C@]65C)C=C3)=C3C=CC2=N3)c(C)c1. The van der Waals surface area contributed by atoms with Crippen molar-refractivity contribution in [1.29, 1.82) is 0 Å². The van der Waals surface area contributed by atoms with Gasteiger partial charge in [0.1, 0.15) is 0 Å². The predicted octanol–water partition coefficient (Wildman–Crippen LogP) is 19.1. The van der Waals surface area contributed by atoms with Gasteiger partial charge < -0.3 is 14.8 Å². The third-order valence-corrected chi connectivity index (χ3v) is 24.6. The highest BCUT2D eigenvalue weighted by atomic mass is 16.5. The molecule has 6 aromatic rings. The summed E-state index contributed by atoms with van der Waals surface area (Å²) >= 11 is 0. The van der Waals surface area contributed by atoms with Gasteiger partial charge in [0.15, 0.2) is 6.61 Å². The van der Waals surface area contributed by atoms with E-state index in [9.17, 15) is 9.59 Å². The van der Waals surface area contributed by atoms with Gasteiger partial charge in [-0.05, 0) is 233 Å². The van der Waals surface area contributed by atoms with Gasteiger partial charge in [-0.2, -0.15) is 0 Å². The lowest BCUT2D eigenvalue weighted by Crippen LogP contribution is -2.49. The molecule has 6 aliphatic carbocycles. The van der Waals surface area contributed by atoms with E-state index in [2.05, 4.69) is 247 Å². The number of hydrogen-bond acceptors (Lipinski definition) is 9. The number of carbonyl (C=O) groups excluding carboxylic acids is 2. The monoisotopic (exact) mass is 1530 g/mol. The highest BCUT2D eigenvalue weighted by Crippen LogP contribution is 2.72. The highest BCUT2D eigenvalue weighted by Gasteiger charge is 2.61. The average Bonchev–Trinajstić information content (AvgIpc) is 0.805. The summed E-state index contributed by atoms with van der Waals surface area (Å²) in [6.07, 6.45) is 40.8. The molecule has 1 amide bonds. The molecule has 3 N–H and O–H groups in total. The van der Waals surface area contributed by atoms with E-state index in [-0.39, 0.29) is 34.1 Å². The first kappa shape index (κ1) is 75.1. The Morgan fingerprint density at radius 3 is 1.59 bits per heavy atom. The Morgan fingerprint density at radius 1 is 0.551 bits per heavy atom. The number of aryl methyl sites for hydroxylation is 6. The van der Waals surface area contributed by atoms with Crippen molar-refractivity contribution in [2.45, 2.75) is 96.9 Å². The zero-order chi connectivity index (χ0) is 82.2. The zero-order valence-electron chi connectivity index (χ0n) is 68.7. The van der Waals surface area contributed by atoms with Crippen LogP contribution in [-0.2, 0) is 14.3 Å². The van der Waals surface area contributed by atoms with Crippen LogP contribution in [0.4, 0.5) is 5.69 Å². The fourth-order valence-electron chi connectivity index (χ4n) is 18.8. The lowest BCUT2D eigenvalue weighted by atomic mass is 9.42. The number of benzene rings is 6. The first-order valence-corrected chi connectivity index (χ1v) is 40.1. The van der Waals surface area contributed by atoms with Gasteiger partial charge in [0.25, 0.3) is 11.7 Å². The third kappa shape index (κ3) is 12.4. The minimum atomic E-state index is -0.520. The van der Waals surface area contributed by atoms with E-state index in [4.69, 9.17) is 35.2 Å². The lowest BCUT2D eigenvalue weighted by molar-refractivity contribution is -0.138. The maximum Gasteiger partial charge on any atom is 0.382 e. The second-order valence-electron chi connectivity index (χ2n) is 34.2. The van der Waals surface area contributed by atoms with E-state index < -0.39 is 17.3 Å². The average molecular weight is 1530 g/mol. The Morgan fingerprint density at radius 2 is 1.04 bits per heavy atom. The molecule has 6 heterocycles. The van der Waals surface area contributed by atoms with E-state index in [1.54, 1.807) is 18.5 Å². The summed E-state index contributed by atoms with van der Waals surface area (Å²) in [5, 5.41) is 23.3. The number of esters is 1. The van der Waals surface area contributed by atoms with Crippen molar-refractivity contribution in [1.82, 2.24) is 10.4 Å². The van der Waals surface area contributed by atoms with Crippen LogP contribution < -0.4 is 15.9 Å². The third-order valence-electron chi connectivity index (χ3n) is 24.6. The van der Waals surface area contributed by atoms with Crippen molar-refractivity contribution in [3.63, 3.8) is 0 Å². The number of ether oxygens (including phenoxy) is 1. The summed E-state index contributed by atoms with van der Waals surface area (Å²) in [6, 6.07) is 46.4. The molecule has 0 radical (unpaired) electrons. The first-order chi connectivity index (χ1) is 56.7. The summed E-state index contributed by atoms with van der Waals surface area (Å²) in [7, 11) is 0. The molecule has 0 spiro atoms. The van der Waals surface area contributed by atoms with Crippen LogP contribution in [-0.4, -0.2) is 46.3 Å². The molecule has 0 saturated carbocycles. The molecule has 2 atom stereocenters. The molecule has 0 aromatic heterocycles. The molecular weight excluding hydrogens is 1450 g/mol. The number of carbonyl (C=O) groups is 2. The van der Waals surface area contributed by atoms with E-state index in [1.807, 2.05) is 109 Å². The number of fused-ring (bicyclic) bond motifs is 10. The molecule has 12 heteroatoms. The molecule has 6 aromatic carbocycles. The summed E-state index contributed by atoms with van der Waals surface area (Å²) < 4.78 is 6.11. The molecule has 12 nitrogen and oxygen atoms in total. The number of hydrazine groups is 1. The quantitative estimate of drug-likeness (QED) is 0.0536. The van der Waals surface area contributed by atoms with Gasteiger partial charge in [-0.15, -0.1) is 11.6 Å². The van der Waals surface area contributed by atoms with Crippen molar-refractivity contribution in [2.24, 2.45) is 41.6 Å². The molecule has 118 heavy (non-hydrogen) atoms. The van der Waals surface area contributed by atoms with Gasteiger partial charge in [0.2, 0.25) is 5.57 Å². The standard InChI is InChI=1S/C106H86N9O3/c1-60-48-62(3)94(63(4)49-60)99-89-41-37-85(111-89)96(66-29-31-68(32-30-66)102(117)118-47-21-22-69-52-73-53-71(103(7,8)9)55-83-77-25-17-18-26-78(77)84-56-72(104(10,11)12)54-82(69)106(84,14)105(73,83)13)86-38-42-90(112-86)100(95-64(5)50-61(2)51-65(95)6)92-44-40-88(114-92)97(87-39-43-91(99)113-87)67-33-35-74(36-34-67)110-101(116)70-45-46-109-115(59-70)93(58-108)81(57-107)98-79-27-19-15-23-75(79)76-24-16-20-28-80(76)98/h15-20,23-46,48-56,59,109H,47H2,1-14H3,(H,110,111,112,113,114,116)/q-1/p+1/b93-81+,96-85?,96-86?,97-87?,97-88?,99-89?,99-91?,100-90?,100-92?/t105-,106-/m0/s1. The maximum absolute atomic E-state index is 14.4. The molecule has 18 rings (SSSR count). The molecule has 574 valence electrons. The lowest BCUT2D eigenvalue weighted by Gasteiger charge is -2.59. The smallest absolute Gasteiger partial charge is 0.382 e. The summed E-state index contributed by atoms with van der Waals surface area (Å²) in [6.45, 7) is 31.2. The van der Waals surface area contributed by atoms with Crippen molar-refractivity contribution in [3.8, 4) is 35.1 Å². The maximum atomic E-state index is 14.4. The fourth-order valence-corrected chi connectivity index (χ4v) is 18.8. The Balaban J connectivity index is 0.680. The molecule has 0 unspecified atom stereocenters. The summed E-state index contributed by atoms with van der Waals surface area (Å²) in [5.74, 6) is 7.83. The molecule has 0 fully saturated rings. The van der Waals surface area contributed by atoms with Crippen molar-refractivity contribution >= 4 is 68.3 Å². The summed E-state index contributed by atoms with van der Waals surface area (Å²) in [4.78, 5) is 51.3. The molecule has 12 aliphatic rings. The number of rotatable bonds is 10. The number of allylic oxidation sites excluding steroid dienone is 28. The number of hydrogen-bond donors (Lipinski definition) is 3. The second-order valence-corrected chi connectivity index (χ2v) is 34.2. The zero-order valence-corrected chi connectivity index (χ0v) is 68.7. The molecule has 8 bridgehead atoms. The van der Waals surface area contributed by atoms with Crippen LogP contribution in [0.25, 0.3) is 44.3 Å². The largest absolute Gasteiger partial charge is 0.623 e. The number of amides is 1. The second kappa shape index (κ2) is 28.3. The van der Waals surface area contributed by atoms with E-state index in [0.717, 1.165) is 112 Å². The number of nitrogens with zero attached hydrogens (tertiary/aromatic N) is 6. The van der Waals surface area contributed by atoms with Crippen molar-refractivity contribution in [2.75, 3.05) is 6.61 Å². The Labute approximate surface area is 691 Å². The van der Waals surface area contributed by atoms with Gasteiger partial charge in [-0.1, -0.05) is 204 Å². The minimum Gasteiger partial charge on any atom is -0.623 e. The van der Waals surface area contributed by atoms with Crippen LogP contribution in [0.15, 0.2) is 336 Å². The Bertz CT molecular complexity index is 6430. The topological polar surface area (TPSA) is 170 Å². The van der Waals surface area contributed by atoms with Gasteiger partial charge in [-0.25, -0.2) is 45.2 Å². The van der Waals surface area contributed by atoms with Crippen molar-refractivity contribution < 1.29 is 24.8 Å². The fraction of sp³-hybridized carbons (Fsp3) is 0.179.